The number of hydrogen-bond donors (Lipinski definition) is 1. The van der Waals surface area contributed by atoms with Crippen molar-refractivity contribution in [3.05, 3.63) is 0 Å². The molecule has 0 aromatic rings. The molecule has 3 nitrogen and oxygen atoms in total. The minimum absolute atomic E-state index is 2.29. The molecule has 0 amide bonds. The first-order valence-electron chi connectivity index (χ1n) is 4.46. The lowest BCUT2D eigenvalue weighted by Gasteiger charge is -2.38. The maximum atomic E-state index is 13.2. The Morgan fingerprint density at radius 1 is 0.727 bits per heavy atom. The molecule has 1 unspecified atom stereocenters. The first-order valence-corrected chi connectivity index (χ1v) is 4.46. The van der Waals surface area contributed by atoms with Crippen LogP contribution in [0.1, 0.15) is 0 Å². The molecule has 0 heterocycles. The molecule has 1 N–H and O–H groups in total. The second-order valence-corrected chi connectivity index (χ2v) is 3.59. The summed E-state index contributed by atoms with van der Waals surface area (Å²) in [5, 5.41) is 7.78. The molecule has 22 heavy (non-hydrogen) atoms. The van der Waals surface area contributed by atoms with Gasteiger partial charge in [-0.1, -0.05) is 0 Å². The van der Waals surface area contributed by atoms with Gasteiger partial charge in [-0.05, 0) is 0 Å². The molecule has 0 bridgehead atoms. The molecule has 0 fully saturated rings. The van der Waals surface area contributed by atoms with Crippen LogP contribution < -0.4 is 0 Å². The van der Waals surface area contributed by atoms with E-state index in [1.165, 1.54) is 0 Å². The van der Waals surface area contributed by atoms with Crippen LogP contribution in [-0.4, -0.2) is 47.5 Å². The molecule has 0 saturated heterocycles. The zero-order valence-corrected chi connectivity index (χ0v) is 9.38. The quantitative estimate of drug-likeness (QED) is 0.608. The fourth-order valence-electron chi connectivity index (χ4n) is 1.11. The van der Waals surface area contributed by atoms with Crippen LogP contribution in [0.25, 0.3) is 0 Å². The van der Waals surface area contributed by atoms with Gasteiger partial charge < -0.3 is 9.84 Å². The highest BCUT2D eigenvalue weighted by Crippen LogP contribution is 2.55. The van der Waals surface area contributed by atoms with Crippen molar-refractivity contribution in [2.24, 2.45) is 0 Å². The molecular formula is C7H2F12O3. The van der Waals surface area contributed by atoms with Crippen LogP contribution >= 0.6 is 0 Å². The number of alkyl halides is 12. The fraction of sp³-hybridized carbons (Fsp3) is 0.857. The van der Waals surface area contributed by atoms with Gasteiger partial charge >= 0.3 is 36.3 Å². The fourth-order valence-corrected chi connectivity index (χ4v) is 1.11. The number of halogens is 12. The van der Waals surface area contributed by atoms with Gasteiger partial charge in [0, 0.05) is 0 Å². The lowest BCUT2D eigenvalue weighted by atomic mass is 9.91. The molecule has 0 rings (SSSR count). The van der Waals surface area contributed by atoms with Crippen LogP contribution in [0.15, 0.2) is 0 Å². The highest BCUT2D eigenvalue weighted by Gasteiger charge is 2.85. The molecule has 0 saturated carbocycles. The number of carboxylic acid groups (broad SMARTS) is 1. The third-order valence-corrected chi connectivity index (χ3v) is 2.11. The number of rotatable bonds is 3. The van der Waals surface area contributed by atoms with E-state index in [1.807, 2.05) is 0 Å². The predicted octanol–water partition coefficient (Wildman–Crippen LogP) is 4.08. The Morgan fingerprint density at radius 2 is 1.05 bits per heavy atom. The standard InChI is InChI=1S/C7H2F12O3/c8-3(5(11,12)13,6(14,15)16)1(22-2(20)21)4(9,10)7(17,18)19/h1H,(H,20,21). The number of hydrogen-bond acceptors (Lipinski definition) is 2. The van der Waals surface area contributed by atoms with Gasteiger partial charge in [0.2, 0.25) is 6.10 Å². The van der Waals surface area contributed by atoms with E-state index in [-0.39, 0.29) is 0 Å². The lowest BCUT2D eigenvalue weighted by molar-refractivity contribution is -0.408. The van der Waals surface area contributed by atoms with Gasteiger partial charge in [0.1, 0.15) is 0 Å². The normalized spacial score (nSPS) is 16.4. The molecule has 132 valence electrons. The minimum atomic E-state index is -7.39. The average molecular weight is 362 g/mol. The number of carbonyl (C=O) groups is 1. The first kappa shape index (κ1) is 20.4. The molecule has 0 aliphatic heterocycles. The van der Waals surface area contributed by atoms with E-state index in [0.717, 1.165) is 0 Å². The van der Waals surface area contributed by atoms with Crippen LogP contribution in [0.5, 0.6) is 0 Å². The summed E-state index contributed by atoms with van der Waals surface area (Å²) in [5.41, 5.74) is -7.31. The van der Waals surface area contributed by atoms with Crippen LogP contribution in [-0.2, 0) is 4.74 Å². The summed E-state index contributed by atoms with van der Waals surface area (Å²) in [5.74, 6) is -7.13. The van der Waals surface area contributed by atoms with Crippen molar-refractivity contribution < 1.29 is 67.3 Å². The highest BCUT2D eigenvalue weighted by molar-refractivity contribution is 5.57. The molecule has 0 aromatic carbocycles. The Balaban J connectivity index is 6.45. The second kappa shape index (κ2) is 5.26. The van der Waals surface area contributed by atoms with E-state index in [4.69, 9.17) is 5.11 Å². The van der Waals surface area contributed by atoms with Crippen LogP contribution in [0.3, 0.4) is 0 Å². The summed E-state index contributed by atoms with van der Waals surface area (Å²) in [6.45, 7) is 0. The molecule has 0 aliphatic carbocycles. The Kier molecular flexibility index (Phi) is 4.88. The van der Waals surface area contributed by atoms with Gasteiger partial charge in [-0.25, -0.2) is 9.18 Å². The van der Waals surface area contributed by atoms with Crippen molar-refractivity contribution >= 4 is 6.16 Å². The molecule has 0 spiro atoms. The van der Waals surface area contributed by atoms with Crippen LogP contribution in [0.2, 0.25) is 0 Å². The summed E-state index contributed by atoms with van der Waals surface area (Å²) in [7, 11) is 0. The van der Waals surface area contributed by atoms with Crippen molar-refractivity contribution in [1.82, 2.24) is 0 Å². The van der Waals surface area contributed by atoms with E-state index in [9.17, 15) is 57.5 Å². The summed E-state index contributed by atoms with van der Waals surface area (Å²) in [4.78, 5) is 9.86. The molecule has 15 heteroatoms. The molecular weight excluding hydrogens is 360 g/mol. The molecule has 0 aromatic heterocycles. The highest BCUT2D eigenvalue weighted by atomic mass is 19.4. The molecule has 0 aliphatic rings. The summed E-state index contributed by atoms with van der Waals surface area (Å²) >= 11 is 0. The Hall–Kier alpha value is -1.57. The van der Waals surface area contributed by atoms with Crippen LogP contribution in [0.4, 0.5) is 57.5 Å². The van der Waals surface area contributed by atoms with E-state index < -0.39 is 42.4 Å². The van der Waals surface area contributed by atoms with Gasteiger partial charge in [-0.3, -0.25) is 0 Å². The summed E-state index contributed by atoms with van der Waals surface area (Å²) in [6.07, 6.45) is -31.1. The topological polar surface area (TPSA) is 46.5 Å². The van der Waals surface area contributed by atoms with E-state index in [0.29, 0.717) is 0 Å². The Bertz CT molecular complexity index is 404. The zero-order chi connectivity index (χ0) is 18.4. The molecule has 1 atom stereocenters. The van der Waals surface area contributed by atoms with Gasteiger partial charge in [0.15, 0.2) is 0 Å². The maximum Gasteiger partial charge on any atom is 0.506 e. The Labute approximate surface area is 111 Å². The SMILES string of the molecule is O=C(O)OC(C(F)(F)C(F)(F)F)C(F)(C(F)(F)F)C(F)(F)F. The van der Waals surface area contributed by atoms with Crippen molar-refractivity contribution in [3.63, 3.8) is 0 Å². The second-order valence-electron chi connectivity index (χ2n) is 3.59. The number of ether oxygens (including phenoxy) is 1. The van der Waals surface area contributed by atoms with E-state index >= 15 is 0 Å². The lowest BCUT2D eigenvalue weighted by Crippen LogP contribution is -2.69. The smallest absolute Gasteiger partial charge is 0.450 e. The van der Waals surface area contributed by atoms with E-state index in [1.54, 1.807) is 0 Å². The third kappa shape index (κ3) is 3.26. The van der Waals surface area contributed by atoms with Gasteiger partial charge in [-0.15, -0.1) is 0 Å². The third-order valence-electron chi connectivity index (χ3n) is 2.11. The van der Waals surface area contributed by atoms with Crippen LogP contribution in [0, 0.1) is 0 Å². The summed E-state index contributed by atoms with van der Waals surface area (Å²) in [6, 6.07) is 0. The zero-order valence-electron chi connectivity index (χ0n) is 9.38. The van der Waals surface area contributed by atoms with Gasteiger partial charge in [-0.2, -0.15) is 48.3 Å². The first-order chi connectivity index (χ1) is 9.30. The average Bonchev–Trinajstić information content (AvgIpc) is 2.19. The van der Waals surface area contributed by atoms with Crippen molar-refractivity contribution in [3.8, 4) is 0 Å². The summed E-state index contributed by atoms with van der Waals surface area (Å²) < 4.78 is 150. The largest absolute Gasteiger partial charge is 0.506 e. The van der Waals surface area contributed by atoms with Gasteiger partial charge in [0.05, 0.1) is 0 Å². The van der Waals surface area contributed by atoms with Crippen molar-refractivity contribution in [2.75, 3.05) is 0 Å². The van der Waals surface area contributed by atoms with Gasteiger partial charge in [0.25, 0.3) is 0 Å². The van der Waals surface area contributed by atoms with Crippen molar-refractivity contribution in [2.45, 2.75) is 36.2 Å². The Morgan fingerprint density at radius 3 is 1.23 bits per heavy atom. The van der Waals surface area contributed by atoms with Crippen molar-refractivity contribution in [1.29, 1.82) is 0 Å². The van der Waals surface area contributed by atoms with E-state index in [2.05, 4.69) is 4.74 Å². The molecule has 0 radical (unpaired) electrons. The minimum Gasteiger partial charge on any atom is -0.450 e. The maximum absolute atomic E-state index is 13.2. The monoisotopic (exact) mass is 362 g/mol. The predicted molar refractivity (Wildman–Crippen MR) is 39.8 cm³/mol.